The van der Waals surface area contributed by atoms with Gasteiger partial charge < -0.3 is 14.2 Å². The van der Waals surface area contributed by atoms with Crippen LogP contribution in [0.2, 0.25) is 0 Å². The fourth-order valence-electron chi connectivity index (χ4n) is 2.74. The van der Waals surface area contributed by atoms with Gasteiger partial charge in [-0.2, -0.15) is 0 Å². The van der Waals surface area contributed by atoms with Gasteiger partial charge in [-0.15, -0.1) is 0 Å². The predicted octanol–water partition coefficient (Wildman–Crippen LogP) is 3.89. The van der Waals surface area contributed by atoms with Gasteiger partial charge in [0.25, 0.3) is 5.91 Å². The zero-order chi connectivity index (χ0) is 19.7. The molecule has 28 heavy (non-hydrogen) atoms. The van der Waals surface area contributed by atoms with Crippen LogP contribution in [-0.4, -0.2) is 36.2 Å². The van der Waals surface area contributed by atoms with Crippen LogP contribution in [0.25, 0.3) is 10.2 Å². The number of aromatic nitrogens is 1. The summed E-state index contributed by atoms with van der Waals surface area (Å²) in [5.41, 5.74) is 1.60. The van der Waals surface area contributed by atoms with Gasteiger partial charge in [-0.25, -0.2) is 9.78 Å². The monoisotopic (exact) mass is 398 g/mol. The number of nitrogens with zero attached hydrogens (tertiary/aromatic N) is 1. The summed E-state index contributed by atoms with van der Waals surface area (Å²) in [4.78, 5) is 29.0. The third kappa shape index (κ3) is 3.77. The van der Waals surface area contributed by atoms with E-state index >= 15 is 0 Å². The largest absolute Gasteiger partial charge is 0.486 e. The topological polar surface area (TPSA) is 86.8 Å². The second-order valence-corrected chi connectivity index (χ2v) is 7.50. The molecule has 144 valence electrons. The Labute approximate surface area is 165 Å². The Balaban J connectivity index is 1.53. The van der Waals surface area contributed by atoms with Crippen molar-refractivity contribution < 1.29 is 23.8 Å². The van der Waals surface area contributed by atoms with Gasteiger partial charge >= 0.3 is 5.97 Å². The van der Waals surface area contributed by atoms with Crippen LogP contribution in [0.5, 0.6) is 11.5 Å². The van der Waals surface area contributed by atoms with Gasteiger partial charge in [0, 0.05) is 5.56 Å². The third-order valence-electron chi connectivity index (χ3n) is 3.99. The second-order valence-electron chi connectivity index (χ2n) is 6.47. The third-order valence-corrected chi connectivity index (χ3v) is 4.93. The molecule has 0 unspecified atom stereocenters. The number of hydrogen-bond acceptors (Lipinski definition) is 7. The first-order valence-corrected chi connectivity index (χ1v) is 9.64. The second kappa shape index (κ2) is 7.47. The highest BCUT2D eigenvalue weighted by atomic mass is 32.1. The lowest BCUT2D eigenvalue weighted by Crippen LogP contribution is -2.17. The summed E-state index contributed by atoms with van der Waals surface area (Å²) in [6.45, 7) is 4.55. The average Bonchev–Trinajstić information content (AvgIpc) is 3.08. The molecular weight excluding hydrogens is 380 g/mol. The Bertz CT molecular complexity index is 1060. The number of carbonyl (C=O) groups is 2. The quantitative estimate of drug-likeness (QED) is 0.671. The minimum atomic E-state index is -0.382. The molecular formula is C20H18N2O5S. The maximum Gasteiger partial charge on any atom is 0.338 e. The Kier molecular flexibility index (Phi) is 4.87. The number of rotatable bonds is 4. The fourth-order valence-corrected chi connectivity index (χ4v) is 3.64. The number of benzene rings is 2. The average molecular weight is 398 g/mol. The van der Waals surface area contributed by atoms with Crippen molar-refractivity contribution in [2.24, 2.45) is 0 Å². The number of nitrogens with one attached hydrogen (secondary N) is 1. The lowest BCUT2D eigenvalue weighted by atomic mass is 10.2. The van der Waals surface area contributed by atoms with Crippen molar-refractivity contribution in [2.75, 3.05) is 18.5 Å². The lowest BCUT2D eigenvalue weighted by Gasteiger charge is -2.18. The molecule has 7 nitrogen and oxygen atoms in total. The van der Waals surface area contributed by atoms with Crippen molar-refractivity contribution in [2.45, 2.75) is 20.0 Å². The molecule has 0 fully saturated rings. The highest BCUT2D eigenvalue weighted by molar-refractivity contribution is 7.22. The Morgan fingerprint density at radius 3 is 2.61 bits per heavy atom. The molecule has 0 saturated heterocycles. The van der Waals surface area contributed by atoms with Crippen LogP contribution >= 0.6 is 11.3 Å². The number of anilines is 1. The van der Waals surface area contributed by atoms with E-state index in [0.717, 1.165) is 4.70 Å². The summed E-state index contributed by atoms with van der Waals surface area (Å²) in [7, 11) is 0. The minimum absolute atomic E-state index is 0.189. The maximum atomic E-state index is 12.6. The highest BCUT2D eigenvalue weighted by Gasteiger charge is 2.17. The van der Waals surface area contributed by atoms with Gasteiger partial charge in [0.2, 0.25) is 0 Å². The number of thiazole rings is 1. The summed E-state index contributed by atoms with van der Waals surface area (Å²) in [6.07, 6.45) is -0.189. The number of esters is 1. The number of fused-ring (bicyclic) bond motifs is 2. The molecule has 1 N–H and O–H groups in total. The van der Waals surface area contributed by atoms with E-state index in [1.165, 1.54) is 11.3 Å². The van der Waals surface area contributed by atoms with Gasteiger partial charge in [0.15, 0.2) is 16.6 Å². The van der Waals surface area contributed by atoms with E-state index in [2.05, 4.69) is 10.3 Å². The highest BCUT2D eigenvalue weighted by Crippen LogP contribution is 2.32. The van der Waals surface area contributed by atoms with E-state index < -0.39 is 0 Å². The first-order valence-electron chi connectivity index (χ1n) is 8.82. The molecule has 0 bridgehead atoms. The molecule has 0 saturated carbocycles. The molecule has 4 rings (SSSR count). The maximum absolute atomic E-state index is 12.6. The van der Waals surface area contributed by atoms with Crippen molar-refractivity contribution in [3.63, 3.8) is 0 Å². The van der Waals surface area contributed by atoms with Crippen LogP contribution in [0.1, 0.15) is 34.6 Å². The minimum Gasteiger partial charge on any atom is -0.486 e. The molecule has 8 heteroatoms. The van der Waals surface area contributed by atoms with Crippen molar-refractivity contribution >= 4 is 38.6 Å². The Hall–Kier alpha value is -3.13. The van der Waals surface area contributed by atoms with Crippen molar-refractivity contribution in [3.8, 4) is 11.5 Å². The number of hydrogen-bond donors (Lipinski definition) is 1. The van der Waals surface area contributed by atoms with Crippen LogP contribution in [0, 0.1) is 0 Å². The normalized spacial score (nSPS) is 12.8. The SMILES string of the molecule is CC(C)OC(=O)c1ccc2nc(NC(=O)c3ccc4c(c3)OCCO4)sc2c1. The van der Waals surface area contributed by atoms with Crippen LogP contribution < -0.4 is 14.8 Å². The molecule has 2 aromatic carbocycles. The molecule has 0 radical (unpaired) electrons. The number of carbonyl (C=O) groups excluding carboxylic acids is 2. The molecule has 1 aromatic heterocycles. The molecule has 0 spiro atoms. The first-order chi connectivity index (χ1) is 13.5. The first kappa shape index (κ1) is 18.2. The van der Waals surface area contributed by atoms with E-state index in [1.807, 2.05) is 0 Å². The Morgan fingerprint density at radius 1 is 1.07 bits per heavy atom. The van der Waals surface area contributed by atoms with Gasteiger partial charge in [0.05, 0.1) is 21.9 Å². The van der Waals surface area contributed by atoms with E-state index in [0.29, 0.717) is 46.5 Å². The van der Waals surface area contributed by atoms with Crippen LogP contribution in [0.3, 0.4) is 0 Å². The summed E-state index contributed by atoms with van der Waals surface area (Å²) in [6, 6.07) is 10.2. The smallest absolute Gasteiger partial charge is 0.338 e. The van der Waals surface area contributed by atoms with Crippen molar-refractivity contribution in [1.29, 1.82) is 0 Å². The van der Waals surface area contributed by atoms with Crippen LogP contribution in [0.15, 0.2) is 36.4 Å². The van der Waals surface area contributed by atoms with Crippen LogP contribution in [0.4, 0.5) is 5.13 Å². The summed E-state index contributed by atoms with van der Waals surface area (Å²) < 4.78 is 17.0. The molecule has 0 aliphatic carbocycles. The summed E-state index contributed by atoms with van der Waals surface area (Å²) in [5.74, 6) is 0.503. The number of amides is 1. The number of ether oxygens (including phenoxy) is 3. The van der Waals surface area contributed by atoms with Gasteiger partial charge in [-0.3, -0.25) is 10.1 Å². The zero-order valence-electron chi connectivity index (χ0n) is 15.4. The zero-order valence-corrected chi connectivity index (χ0v) is 16.2. The lowest BCUT2D eigenvalue weighted by molar-refractivity contribution is 0.0378. The predicted molar refractivity (Wildman–Crippen MR) is 106 cm³/mol. The van der Waals surface area contributed by atoms with Gasteiger partial charge in [-0.05, 0) is 50.2 Å². The summed E-state index contributed by atoms with van der Waals surface area (Å²) in [5, 5.41) is 3.24. The van der Waals surface area contributed by atoms with Crippen LogP contribution in [-0.2, 0) is 4.74 Å². The van der Waals surface area contributed by atoms with E-state index in [-0.39, 0.29) is 18.0 Å². The molecule has 1 aliphatic heterocycles. The van der Waals surface area contributed by atoms with E-state index in [4.69, 9.17) is 14.2 Å². The molecule has 1 aliphatic rings. The molecule has 1 amide bonds. The van der Waals surface area contributed by atoms with Crippen molar-refractivity contribution in [1.82, 2.24) is 4.98 Å². The van der Waals surface area contributed by atoms with Gasteiger partial charge in [0.1, 0.15) is 13.2 Å². The molecule has 0 atom stereocenters. The Morgan fingerprint density at radius 2 is 1.82 bits per heavy atom. The molecule has 3 aromatic rings. The fraction of sp³-hybridized carbons (Fsp3) is 0.250. The van der Waals surface area contributed by atoms with Gasteiger partial charge in [-0.1, -0.05) is 11.3 Å². The van der Waals surface area contributed by atoms with Crippen molar-refractivity contribution in [3.05, 3.63) is 47.5 Å². The summed E-state index contributed by atoms with van der Waals surface area (Å²) >= 11 is 1.29. The van der Waals surface area contributed by atoms with E-state index in [1.54, 1.807) is 50.2 Å². The van der Waals surface area contributed by atoms with E-state index in [9.17, 15) is 9.59 Å². The standard InChI is InChI=1S/C20H18N2O5S/c1-11(2)27-19(24)13-3-5-14-17(10-13)28-20(21-14)22-18(23)12-4-6-15-16(9-12)26-8-7-25-15/h3-6,9-11H,7-8H2,1-2H3,(H,21,22,23). The molecule has 2 heterocycles.